The van der Waals surface area contributed by atoms with E-state index in [4.69, 9.17) is 4.42 Å². The van der Waals surface area contributed by atoms with Gasteiger partial charge in [-0.3, -0.25) is 0 Å². The van der Waals surface area contributed by atoms with Crippen molar-refractivity contribution in [3.8, 4) is 0 Å². The molecular weight excluding hydrogens is 250 g/mol. The third-order valence-corrected chi connectivity index (χ3v) is 3.86. The second-order valence-corrected chi connectivity index (χ2v) is 5.34. The maximum Gasteiger partial charge on any atom is 0.213 e. The molecule has 0 radical (unpaired) electrons. The highest BCUT2D eigenvalue weighted by atomic mass is 16.4. The van der Waals surface area contributed by atoms with Crippen LogP contribution >= 0.6 is 0 Å². The third kappa shape index (κ3) is 2.79. The molecule has 1 aromatic carbocycles. The number of oxazole rings is 1. The largest absolute Gasteiger partial charge is 0.444 e. The summed E-state index contributed by atoms with van der Waals surface area (Å²) in [5, 5.41) is 3.34. The van der Waals surface area contributed by atoms with E-state index in [-0.39, 0.29) is 0 Å². The van der Waals surface area contributed by atoms with Crippen molar-refractivity contribution in [2.24, 2.45) is 0 Å². The zero-order valence-electron chi connectivity index (χ0n) is 12.1. The van der Waals surface area contributed by atoms with Gasteiger partial charge in [0.1, 0.15) is 5.76 Å². The van der Waals surface area contributed by atoms with Crippen molar-refractivity contribution in [3.05, 3.63) is 41.6 Å². The molecule has 1 aliphatic rings. The summed E-state index contributed by atoms with van der Waals surface area (Å²) in [7, 11) is 0. The van der Waals surface area contributed by atoms with Gasteiger partial charge < -0.3 is 14.6 Å². The molecule has 1 saturated heterocycles. The summed E-state index contributed by atoms with van der Waals surface area (Å²) in [5.74, 6) is 1.63. The maximum absolute atomic E-state index is 5.56. The van der Waals surface area contributed by atoms with Crippen LogP contribution in [0.4, 0.5) is 11.4 Å². The minimum atomic E-state index is 0.623. The first-order valence-corrected chi connectivity index (χ1v) is 7.24. The lowest BCUT2D eigenvalue weighted by Gasteiger charge is -2.17. The van der Waals surface area contributed by atoms with Gasteiger partial charge in [0.15, 0.2) is 0 Å². The van der Waals surface area contributed by atoms with Crippen molar-refractivity contribution in [2.45, 2.75) is 33.2 Å². The summed E-state index contributed by atoms with van der Waals surface area (Å²) >= 11 is 0. The molecule has 0 amide bonds. The molecule has 1 aliphatic heterocycles. The highest BCUT2D eigenvalue weighted by molar-refractivity contribution is 5.55. The van der Waals surface area contributed by atoms with Crippen LogP contribution in [0.25, 0.3) is 0 Å². The molecular formula is C16H21N3O. The molecule has 1 fully saturated rings. The van der Waals surface area contributed by atoms with Crippen LogP contribution in [-0.2, 0) is 6.54 Å². The Morgan fingerprint density at radius 3 is 2.45 bits per heavy atom. The molecule has 106 valence electrons. The lowest BCUT2D eigenvalue weighted by atomic mass is 10.2. The second-order valence-electron chi connectivity index (χ2n) is 5.34. The summed E-state index contributed by atoms with van der Waals surface area (Å²) < 4.78 is 5.56. The Bertz CT molecular complexity index is 548. The van der Waals surface area contributed by atoms with Crippen LogP contribution < -0.4 is 10.2 Å². The standard InChI is InChI=1S/C16H21N3O/c1-12-13(2)20-16(18-12)11-17-14-5-7-15(8-6-14)19-9-3-4-10-19/h5-8,17H,3-4,9-11H2,1-2H3. The Morgan fingerprint density at radius 2 is 1.85 bits per heavy atom. The average Bonchev–Trinajstić information content (AvgIpc) is 3.08. The van der Waals surface area contributed by atoms with Crippen molar-refractivity contribution < 1.29 is 4.42 Å². The molecule has 1 N–H and O–H groups in total. The van der Waals surface area contributed by atoms with E-state index in [1.54, 1.807) is 0 Å². The predicted molar refractivity (Wildman–Crippen MR) is 81.2 cm³/mol. The number of rotatable bonds is 4. The third-order valence-electron chi connectivity index (χ3n) is 3.86. The molecule has 0 saturated carbocycles. The Kier molecular flexibility index (Phi) is 3.63. The fraction of sp³-hybridized carbons (Fsp3) is 0.438. The minimum Gasteiger partial charge on any atom is -0.444 e. The zero-order valence-corrected chi connectivity index (χ0v) is 12.1. The van der Waals surface area contributed by atoms with Crippen LogP contribution in [0.2, 0.25) is 0 Å². The molecule has 20 heavy (non-hydrogen) atoms. The number of hydrogen-bond acceptors (Lipinski definition) is 4. The number of hydrogen-bond donors (Lipinski definition) is 1. The van der Waals surface area contributed by atoms with E-state index in [0.717, 1.165) is 23.0 Å². The minimum absolute atomic E-state index is 0.623. The Hall–Kier alpha value is -1.97. The van der Waals surface area contributed by atoms with Gasteiger partial charge in [0.25, 0.3) is 0 Å². The lowest BCUT2D eigenvalue weighted by molar-refractivity contribution is 0.478. The SMILES string of the molecule is Cc1nc(CNc2ccc(N3CCCC3)cc2)oc1C. The predicted octanol–water partition coefficient (Wildman–Crippen LogP) is 3.50. The van der Waals surface area contributed by atoms with Crippen LogP contribution in [0.1, 0.15) is 30.2 Å². The maximum atomic E-state index is 5.56. The topological polar surface area (TPSA) is 41.3 Å². The van der Waals surface area contributed by atoms with E-state index in [1.807, 2.05) is 13.8 Å². The molecule has 2 aromatic rings. The highest BCUT2D eigenvalue weighted by Gasteiger charge is 2.11. The fourth-order valence-corrected chi connectivity index (χ4v) is 2.56. The molecule has 4 heteroatoms. The van der Waals surface area contributed by atoms with Gasteiger partial charge in [-0.05, 0) is 51.0 Å². The van der Waals surface area contributed by atoms with E-state index >= 15 is 0 Å². The van der Waals surface area contributed by atoms with E-state index < -0.39 is 0 Å². The number of benzene rings is 1. The molecule has 3 rings (SSSR count). The summed E-state index contributed by atoms with van der Waals surface area (Å²) in [6.07, 6.45) is 2.62. The molecule has 0 unspecified atom stereocenters. The van der Waals surface area contributed by atoms with Gasteiger partial charge in [0.05, 0.1) is 12.2 Å². The first-order chi connectivity index (χ1) is 9.72. The van der Waals surface area contributed by atoms with Gasteiger partial charge in [-0.25, -0.2) is 4.98 Å². The lowest BCUT2D eigenvalue weighted by Crippen LogP contribution is -2.17. The monoisotopic (exact) mass is 271 g/mol. The van der Waals surface area contributed by atoms with Crippen molar-refractivity contribution in [3.63, 3.8) is 0 Å². The molecule has 0 atom stereocenters. The smallest absolute Gasteiger partial charge is 0.213 e. The van der Waals surface area contributed by atoms with Gasteiger partial charge in [0.2, 0.25) is 5.89 Å². The number of aromatic nitrogens is 1. The van der Waals surface area contributed by atoms with Crippen molar-refractivity contribution >= 4 is 11.4 Å². The summed E-state index contributed by atoms with van der Waals surface area (Å²) in [6, 6.07) is 8.60. The van der Waals surface area contributed by atoms with Crippen LogP contribution in [0.3, 0.4) is 0 Å². The first-order valence-electron chi connectivity index (χ1n) is 7.24. The van der Waals surface area contributed by atoms with Crippen molar-refractivity contribution in [2.75, 3.05) is 23.3 Å². The van der Waals surface area contributed by atoms with Gasteiger partial charge in [-0.2, -0.15) is 0 Å². The summed E-state index contributed by atoms with van der Waals surface area (Å²) in [6.45, 7) is 6.89. The molecule has 2 heterocycles. The number of nitrogens with zero attached hydrogens (tertiary/aromatic N) is 2. The van der Waals surface area contributed by atoms with Gasteiger partial charge in [-0.15, -0.1) is 0 Å². The van der Waals surface area contributed by atoms with Crippen LogP contribution in [0.5, 0.6) is 0 Å². The average molecular weight is 271 g/mol. The van der Waals surface area contributed by atoms with E-state index in [9.17, 15) is 0 Å². The van der Waals surface area contributed by atoms with Crippen LogP contribution in [0, 0.1) is 13.8 Å². The Balaban J connectivity index is 1.60. The van der Waals surface area contributed by atoms with Crippen LogP contribution in [0.15, 0.2) is 28.7 Å². The normalized spacial score (nSPS) is 14.8. The number of aryl methyl sites for hydroxylation is 2. The Morgan fingerprint density at radius 1 is 1.15 bits per heavy atom. The summed E-state index contributed by atoms with van der Waals surface area (Å²) in [4.78, 5) is 6.80. The quantitative estimate of drug-likeness (QED) is 0.924. The van der Waals surface area contributed by atoms with Gasteiger partial charge >= 0.3 is 0 Å². The molecule has 0 bridgehead atoms. The molecule has 0 spiro atoms. The van der Waals surface area contributed by atoms with E-state index in [2.05, 4.69) is 39.5 Å². The van der Waals surface area contributed by atoms with E-state index in [0.29, 0.717) is 6.54 Å². The number of anilines is 2. The number of nitrogens with one attached hydrogen (secondary N) is 1. The molecule has 1 aromatic heterocycles. The second kappa shape index (κ2) is 5.57. The van der Waals surface area contributed by atoms with Crippen molar-refractivity contribution in [1.29, 1.82) is 0 Å². The molecule has 0 aliphatic carbocycles. The summed E-state index contributed by atoms with van der Waals surface area (Å²) in [5.41, 5.74) is 3.38. The van der Waals surface area contributed by atoms with Crippen molar-refractivity contribution in [1.82, 2.24) is 4.98 Å². The first kappa shape index (κ1) is 13.0. The zero-order chi connectivity index (χ0) is 13.9. The van der Waals surface area contributed by atoms with Gasteiger partial charge in [-0.1, -0.05) is 0 Å². The van der Waals surface area contributed by atoms with E-state index in [1.165, 1.54) is 31.6 Å². The highest BCUT2D eigenvalue weighted by Crippen LogP contribution is 2.22. The van der Waals surface area contributed by atoms with Gasteiger partial charge in [0, 0.05) is 24.5 Å². The van der Waals surface area contributed by atoms with Crippen LogP contribution in [-0.4, -0.2) is 18.1 Å². The fourth-order valence-electron chi connectivity index (χ4n) is 2.56. The Labute approximate surface area is 119 Å². The molecule has 4 nitrogen and oxygen atoms in total.